The highest BCUT2D eigenvalue weighted by Crippen LogP contribution is 2.32. The SMILES string of the molecule is COc1c(Cl)cc(Cl)cc1C=CC(=O)NNC(=O)c1ccncc1. The molecule has 0 aliphatic carbocycles. The normalized spacial score (nSPS) is 10.5. The van der Waals surface area contributed by atoms with E-state index in [2.05, 4.69) is 15.8 Å². The fourth-order valence-corrected chi connectivity index (χ4v) is 2.41. The van der Waals surface area contributed by atoms with Crippen LogP contribution in [0, 0.1) is 0 Å². The maximum absolute atomic E-state index is 11.8. The van der Waals surface area contributed by atoms with Gasteiger partial charge in [-0.15, -0.1) is 0 Å². The average Bonchev–Trinajstić information content (AvgIpc) is 2.58. The van der Waals surface area contributed by atoms with Gasteiger partial charge in [0.1, 0.15) is 5.75 Å². The molecule has 24 heavy (non-hydrogen) atoms. The Kier molecular flexibility index (Phi) is 6.17. The van der Waals surface area contributed by atoms with Crippen LogP contribution in [-0.2, 0) is 4.79 Å². The zero-order chi connectivity index (χ0) is 17.5. The molecule has 0 bridgehead atoms. The van der Waals surface area contributed by atoms with Gasteiger partial charge in [0.25, 0.3) is 11.8 Å². The lowest BCUT2D eigenvalue weighted by molar-refractivity contribution is -0.117. The number of hydrazine groups is 1. The maximum atomic E-state index is 11.8. The molecule has 0 radical (unpaired) electrons. The van der Waals surface area contributed by atoms with E-state index in [1.807, 2.05) is 0 Å². The van der Waals surface area contributed by atoms with Gasteiger partial charge in [0.05, 0.1) is 12.1 Å². The Morgan fingerprint density at radius 3 is 2.54 bits per heavy atom. The van der Waals surface area contributed by atoms with Crippen molar-refractivity contribution in [2.75, 3.05) is 7.11 Å². The molecule has 2 rings (SSSR count). The monoisotopic (exact) mass is 365 g/mol. The highest BCUT2D eigenvalue weighted by atomic mass is 35.5. The molecule has 2 aromatic rings. The lowest BCUT2D eigenvalue weighted by Crippen LogP contribution is -2.40. The Bertz CT molecular complexity index is 780. The van der Waals surface area contributed by atoms with E-state index in [0.717, 1.165) is 0 Å². The molecule has 1 heterocycles. The number of amides is 2. The predicted octanol–water partition coefficient (Wildman–Crippen LogP) is 2.87. The number of methoxy groups -OCH3 is 1. The van der Waals surface area contributed by atoms with Gasteiger partial charge >= 0.3 is 0 Å². The molecule has 0 spiro atoms. The van der Waals surface area contributed by atoms with Crippen molar-refractivity contribution in [2.24, 2.45) is 0 Å². The lowest BCUT2D eigenvalue weighted by Gasteiger charge is -2.08. The molecular formula is C16H13Cl2N3O3. The van der Waals surface area contributed by atoms with Crippen LogP contribution in [0.4, 0.5) is 0 Å². The number of nitrogens with one attached hydrogen (secondary N) is 2. The summed E-state index contributed by atoms with van der Waals surface area (Å²) in [4.78, 5) is 27.4. The number of benzene rings is 1. The first-order chi connectivity index (χ1) is 11.5. The molecule has 0 unspecified atom stereocenters. The first kappa shape index (κ1) is 17.8. The fourth-order valence-electron chi connectivity index (χ4n) is 1.82. The Balaban J connectivity index is 2.00. The van der Waals surface area contributed by atoms with Gasteiger partial charge in [-0.05, 0) is 30.3 Å². The van der Waals surface area contributed by atoms with Crippen LogP contribution in [0.5, 0.6) is 5.75 Å². The molecule has 124 valence electrons. The van der Waals surface area contributed by atoms with E-state index < -0.39 is 11.8 Å². The Labute approximate surface area is 148 Å². The summed E-state index contributed by atoms with van der Waals surface area (Å²) in [6.45, 7) is 0. The van der Waals surface area contributed by atoms with Crippen LogP contribution in [0.3, 0.4) is 0 Å². The maximum Gasteiger partial charge on any atom is 0.269 e. The van der Waals surface area contributed by atoms with Crippen molar-refractivity contribution in [2.45, 2.75) is 0 Å². The van der Waals surface area contributed by atoms with Crippen molar-refractivity contribution in [3.8, 4) is 5.75 Å². The first-order valence-electron chi connectivity index (χ1n) is 6.72. The van der Waals surface area contributed by atoms with Crippen molar-refractivity contribution >= 4 is 41.1 Å². The van der Waals surface area contributed by atoms with Crippen molar-refractivity contribution < 1.29 is 14.3 Å². The topological polar surface area (TPSA) is 80.3 Å². The summed E-state index contributed by atoms with van der Waals surface area (Å²) in [5.74, 6) is -0.593. The predicted molar refractivity (Wildman–Crippen MR) is 91.9 cm³/mol. The summed E-state index contributed by atoms with van der Waals surface area (Å²) >= 11 is 11.9. The number of carbonyl (C=O) groups excluding carboxylic acids is 2. The molecule has 0 saturated heterocycles. The molecule has 0 fully saturated rings. The third-order valence-electron chi connectivity index (χ3n) is 2.90. The van der Waals surface area contributed by atoms with Gasteiger partial charge in [-0.1, -0.05) is 23.2 Å². The van der Waals surface area contributed by atoms with Crippen molar-refractivity contribution in [1.29, 1.82) is 0 Å². The molecule has 0 saturated carbocycles. The minimum absolute atomic E-state index is 0.330. The molecule has 1 aromatic carbocycles. The Morgan fingerprint density at radius 2 is 1.88 bits per heavy atom. The van der Waals surface area contributed by atoms with E-state index in [-0.39, 0.29) is 0 Å². The van der Waals surface area contributed by atoms with Crippen LogP contribution in [0.1, 0.15) is 15.9 Å². The van der Waals surface area contributed by atoms with E-state index in [0.29, 0.717) is 26.9 Å². The summed E-state index contributed by atoms with van der Waals surface area (Å²) < 4.78 is 5.17. The number of hydrogen-bond acceptors (Lipinski definition) is 4. The van der Waals surface area contributed by atoms with E-state index in [4.69, 9.17) is 27.9 Å². The summed E-state index contributed by atoms with van der Waals surface area (Å²) in [6, 6.07) is 6.19. The third kappa shape index (κ3) is 4.71. The smallest absolute Gasteiger partial charge is 0.269 e. The van der Waals surface area contributed by atoms with Gasteiger partial charge in [-0.25, -0.2) is 0 Å². The molecule has 0 aliphatic rings. The molecule has 2 amide bonds. The summed E-state index contributed by atoms with van der Waals surface area (Å²) in [6.07, 6.45) is 5.65. The van der Waals surface area contributed by atoms with Gasteiger partial charge < -0.3 is 4.74 Å². The standard InChI is InChI=1S/C16H13Cl2N3O3/c1-24-15-11(8-12(17)9-13(15)18)2-3-14(22)20-21-16(23)10-4-6-19-7-5-10/h2-9H,1H3,(H,20,22)(H,21,23). The molecule has 0 atom stereocenters. The summed E-state index contributed by atoms with van der Waals surface area (Å²) in [7, 11) is 1.46. The van der Waals surface area contributed by atoms with Crippen molar-refractivity contribution in [1.82, 2.24) is 15.8 Å². The summed E-state index contributed by atoms with van der Waals surface area (Å²) in [5.41, 5.74) is 5.46. The van der Waals surface area contributed by atoms with Crippen LogP contribution in [0.15, 0.2) is 42.7 Å². The number of ether oxygens (including phenoxy) is 1. The third-order valence-corrected chi connectivity index (χ3v) is 3.40. The van der Waals surface area contributed by atoms with Crippen LogP contribution >= 0.6 is 23.2 Å². The van der Waals surface area contributed by atoms with E-state index in [9.17, 15) is 9.59 Å². The number of carbonyl (C=O) groups is 2. The number of hydrogen-bond donors (Lipinski definition) is 2. The van der Waals surface area contributed by atoms with Crippen LogP contribution in [0.2, 0.25) is 10.0 Å². The van der Waals surface area contributed by atoms with Crippen LogP contribution < -0.4 is 15.6 Å². The van der Waals surface area contributed by atoms with Crippen LogP contribution in [-0.4, -0.2) is 23.9 Å². The fraction of sp³-hybridized carbons (Fsp3) is 0.0625. The number of halogens is 2. The lowest BCUT2D eigenvalue weighted by atomic mass is 10.2. The quantitative estimate of drug-likeness (QED) is 0.644. The molecule has 6 nitrogen and oxygen atoms in total. The highest BCUT2D eigenvalue weighted by molar-refractivity contribution is 6.36. The second-order valence-corrected chi connectivity index (χ2v) is 5.37. The van der Waals surface area contributed by atoms with E-state index >= 15 is 0 Å². The second kappa shape index (κ2) is 8.33. The molecule has 0 aliphatic heterocycles. The zero-order valence-corrected chi connectivity index (χ0v) is 14.1. The number of aromatic nitrogens is 1. The molecule has 8 heteroatoms. The minimum atomic E-state index is -0.532. The van der Waals surface area contributed by atoms with E-state index in [1.165, 1.54) is 49.9 Å². The van der Waals surface area contributed by atoms with E-state index in [1.54, 1.807) is 6.07 Å². The summed E-state index contributed by atoms with van der Waals surface area (Å²) in [5, 5.41) is 0.739. The van der Waals surface area contributed by atoms with Crippen molar-refractivity contribution in [3.63, 3.8) is 0 Å². The average molecular weight is 366 g/mol. The Morgan fingerprint density at radius 1 is 1.17 bits per heavy atom. The van der Waals surface area contributed by atoms with Gasteiger partial charge in [0, 0.05) is 34.6 Å². The zero-order valence-electron chi connectivity index (χ0n) is 12.5. The number of rotatable bonds is 4. The first-order valence-corrected chi connectivity index (χ1v) is 7.48. The van der Waals surface area contributed by atoms with Crippen molar-refractivity contribution in [3.05, 3.63) is 63.9 Å². The second-order valence-electron chi connectivity index (χ2n) is 4.52. The van der Waals surface area contributed by atoms with Gasteiger partial charge in [-0.2, -0.15) is 0 Å². The minimum Gasteiger partial charge on any atom is -0.495 e. The van der Waals surface area contributed by atoms with Crippen LogP contribution in [0.25, 0.3) is 6.08 Å². The Hall–Kier alpha value is -2.57. The number of pyridine rings is 1. The molecule has 2 N–H and O–H groups in total. The molecule has 1 aromatic heterocycles. The van der Waals surface area contributed by atoms with Gasteiger partial charge in [0.15, 0.2) is 0 Å². The molecular weight excluding hydrogens is 353 g/mol. The van der Waals surface area contributed by atoms with Gasteiger partial charge in [-0.3, -0.25) is 25.4 Å². The number of nitrogens with zero attached hydrogens (tertiary/aromatic N) is 1. The highest BCUT2D eigenvalue weighted by Gasteiger charge is 2.08. The van der Waals surface area contributed by atoms with Gasteiger partial charge in [0.2, 0.25) is 0 Å². The largest absolute Gasteiger partial charge is 0.495 e.